The van der Waals surface area contributed by atoms with Gasteiger partial charge in [0.15, 0.2) is 0 Å². The van der Waals surface area contributed by atoms with Gasteiger partial charge in [-0.2, -0.15) is 0 Å². The molecule has 0 saturated carbocycles. The van der Waals surface area contributed by atoms with Crippen molar-refractivity contribution in [1.82, 2.24) is 14.8 Å². The molecule has 0 bridgehead atoms. The maximum absolute atomic E-state index is 13.6. The van der Waals surface area contributed by atoms with Crippen LogP contribution in [0.3, 0.4) is 0 Å². The molecule has 0 spiro atoms. The standard InChI is InChI=1S/C26H33FN4O/c1-5-10-31-19(4)18(3)23-14-21(26(32)30-11-8-28-9-12-30)15-24(25(23)31)29-16-20-6-7-22(27)13-17(20)2/h6-7,13-15,28-29H,5,8-12,16H2,1-4H3. The molecule has 0 aliphatic carbocycles. The second kappa shape index (κ2) is 9.33. The van der Waals surface area contributed by atoms with E-state index in [4.69, 9.17) is 0 Å². The number of carbonyl (C=O) groups is 1. The summed E-state index contributed by atoms with van der Waals surface area (Å²) in [6, 6.07) is 8.94. The molecule has 1 fully saturated rings. The summed E-state index contributed by atoms with van der Waals surface area (Å²) in [5.74, 6) is -0.143. The first-order valence-corrected chi connectivity index (χ1v) is 11.5. The van der Waals surface area contributed by atoms with Gasteiger partial charge >= 0.3 is 0 Å². The number of hydrogen-bond donors (Lipinski definition) is 2. The lowest BCUT2D eigenvalue weighted by Crippen LogP contribution is -2.46. The van der Waals surface area contributed by atoms with Crippen LogP contribution in [-0.4, -0.2) is 41.6 Å². The number of benzene rings is 2. The van der Waals surface area contributed by atoms with E-state index in [1.54, 1.807) is 6.07 Å². The molecule has 1 aromatic heterocycles. The smallest absolute Gasteiger partial charge is 0.254 e. The fraction of sp³-hybridized carbons (Fsp3) is 0.423. The zero-order chi connectivity index (χ0) is 22.8. The van der Waals surface area contributed by atoms with Crippen LogP contribution in [0.5, 0.6) is 0 Å². The lowest BCUT2D eigenvalue weighted by Gasteiger charge is -2.27. The SMILES string of the molecule is CCCn1c(C)c(C)c2cc(C(=O)N3CCNCC3)cc(NCc3ccc(F)cc3C)c21. The summed E-state index contributed by atoms with van der Waals surface area (Å²) in [6.07, 6.45) is 1.03. The molecule has 0 atom stereocenters. The highest BCUT2D eigenvalue weighted by atomic mass is 19.1. The molecule has 1 aliphatic rings. The Labute approximate surface area is 189 Å². The summed E-state index contributed by atoms with van der Waals surface area (Å²) in [6.45, 7) is 13.0. The van der Waals surface area contributed by atoms with Crippen molar-refractivity contribution >= 4 is 22.5 Å². The quantitative estimate of drug-likeness (QED) is 0.585. The number of halogens is 1. The largest absolute Gasteiger partial charge is 0.379 e. The number of aryl methyl sites for hydroxylation is 3. The van der Waals surface area contributed by atoms with Crippen molar-refractivity contribution in [2.75, 3.05) is 31.5 Å². The topological polar surface area (TPSA) is 49.3 Å². The van der Waals surface area contributed by atoms with Gasteiger partial charge < -0.3 is 20.1 Å². The number of piperazine rings is 1. The van der Waals surface area contributed by atoms with Gasteiger partial charge in [-0.1, -0.05) is 13.0 Å². The summed E-state index contributed by atoms with van der Waals surface area (Å²) >= 11 is 0. The molecular weight excluding hydrogens is 403 g/mol. The molecule has 1 saturated heterocycles. The van der Waals surface area contributed by atoms with Gasteiger partial charge in [-0.15, -0.1) is 0 Å². The lowest BCUT2D eigenvalue weighted by atomic mass is 10.0. The minimum Gasteiger partial charge on any atom is -0.379 e. The van der Waals surface area contributed by atoms with E-state index in [-0.39, 0.29) is 11.7 Å². The van der Waals surface area contributed by atoms with Crippen molar-refractivity contribution in [1.29, 1.82) is 0 Å². The first-order valence-electron chi connectivity index (χ1n) is 11.5. The van der Waals surface area contributed by atoms with Crippen LogP contribution in [0.4, 0.5) is 10.1 Å². The Balaban J connectivity index is 1.78. The second-order valence-electron chi connectivity index (χ2n) is 8.75. The Morgan fingerprint density at radius 3 is 2.56 bits per heavy atom. The Kier molecular flexibility index (Phi) is 6.51. The molecule has 32 heavy (non-hydrogen) atoms. The summed E-state index contributed by atoms with van der Waals surface area (Å²) in [4.78, 5) is 15.2. The predicted octanol–water partition coefficient (Wildman–Crippen LogP) is 4.77. The molecule has 0 radical (unpaired) electrons. The molecule has 170 valence electrons. The summed E-state index contributed by atoms with van der Waals surface area (Å²) in [5, 5.41) is 8.00. The molecule has 0 unspecified atom stereocenters. The van der Waals surface area contributed by atoms with Crippen molar-refractivity contribution in [3.8, 4) is 0 Å². The average molecular weight is 437 g/mol. The van der Waals surface area contributed by atoms with Gasteiger partial charge in [0.2, 0.25) is 0 Å². The summed E-state index contributed by atoms with van der Waals surface area (Å²) < 4.78 is 15.9. The van der Waals surface area contributed by atoms with E-state index in [0.717, 1.165) is 72.4 Å². The molecule has 1 aliphatic heterocycles. The van der Waals surface area contributed by atoms with Crippen LogP contribution in [0.25, 0.3) is 10.9 Å². The van der Waals surface area contributed by atoms with E-state index in [1.807, 2.05) is 24.0 Å². The van der Waals surface area contributed by atoms with Crippen LogP contribution in [-0.2, 0) is 13.1 Å². The fourth-order valence-electron chi connectivity index (χ4n) is 4.64. The van der Waals surface area contributed by atoms with Crippen molar-refractivity contribution < 1.29 is 9.18 Å². The van der Waals surface area contributed by atoms with Gasteiger partial charge in [-0.05, 0) is 68.1 Å². The third-order valence-corrected chi connectivity index (χ3v) is 6.60. The highest BCUT2D eigenvalue weighted by Crippen LogP contribution is 2.34. The number of nitrogens with one attached hydrogen (secondary N) is 2. The predicted molar refractivity (Wildman–Crippen MR) is 129 cm³/mol. The van der Waals surface area contributed by atoms with Crippen LogP contribution in [0, 0.1) is 26.6 Å². The highest BCUT2D eigenvalue weighted by molar-refractivity contribution is 6.04. The molecule has 6 heteroatoms. The van der Waals surface area contributed by atoms with Crippen molar-refractivity contribution in [2.24, 2.45) is 0 Å². The van der Waals surface area contributed by atoms with E-state index in [1.165, 1.54) is 17.3 Å². The van der Waals surface area contributed by atoms with Gasteiger partial charge in [0.1, 0.15) is 5.82 Å². The van der Waals surface area contributed by atoms with E-state index >= 15 is 0 Å². The number of aromatic nitrogens is 1. The highest BCUT2D eigenvalue weighted by Gasteiger charge is 2.22. The van der Waals surface area contributed by atoms with Crippen LogP contribution in [0.15, 0.2) is 30.3 Å². The van der Waals surface area contributed by atoms with Gasteiger partial charge in [0.25, 0.3) is 5.91 Å². The summed E-state index contributed by atoms with van der Waals surface area (Å²) in [7, 11) is 0. The molecule has 3 aromatic rings. The van der Waals surface area contributed by atoms with Gasteiger partial charge in [-0.3, -0.25) is 4.79 Å². The van der Waals surface area contributed by atoms with Crippen molar-refractivity contribution in [3.63, 3.8) is 0 Å². The van der Waals surface area contributed by atoms with E-state index in [9.17, 15) is 9.18 Å². The zero-order valence-corrected chi connectivity index (χ0v) is 19.5. The summed E-state index contributed by atoms with van der Waals surface area (Å²) in [5.41, 5.74) is 7.21. The zero-order valence-electron chi connectivity index (χ0n) is 19.5. The molecule has 2 aromatic carbocycles. The third-order valence-electron chi connectivity index (χ3n) is 6.60. The Hall–Kier alpha value is -2.86. The maximum Gasteiger partial charge on any atom is 0.254 e. The monoisotopic (exact) mass is 436 g/mol. The van der Waals surface area contributed by atoms with E-state index in [0.29, 0.717) is 6.54 Å². The van der Waals surface area contributed by atoms with Crippen molar-refractivity contribution in [2.45, 2.75) is 47.2 Å². The minimum atomic E-state index is -0.222. The van der Waals surface area contributed by atoms with E-state index < -0.39 is 0 Å². The number of hydrogen-bond acceptors (Lipinski definition) is 3. The van der Waals surface area contributed by atoms with Gasteiger partial charge in [-0.25, -0.2) is 4.39 Å². The van der Waals surface area contributed by atoms with E-state index in [2.05, 4.69) is 42.0 Å². The Morgan fingerprint density at radius 1 is 1.12 bits per heavy atom. The van der Waals surface area contributed by atoms with Crippen LogP contribution >= 0.6 is 0 Å². The van der Waals surface area contributed by atoms with Crippen LogP contribution < -0.4 is 10.6 Å². The number of nitrogens with zero attached hydrogens (tertiary/aromatic N) is 2. The third kappa shape index (κ3) is 4.24. The number of rotatable bonds is 6. The first-order chi connectivity index (χ1) is 15.4. The van der Waals surface area contributed by atoms with Crippen molar-refractivity contribution in [3.05, 3.63) is 64.1 Å². The maximum atomic E-state index is 13.6. The lowest BCUT2D eigenvalue weighted by molar-refractivity contribution is 0.0736. The molecular formula is C26H33FN4O. The van der Waals surface area contributed by atoms with Crippen LogP contribution in [0.1, 0.15) is 46.1 Å². The molecule has 2 N–H and O–H groups in total. The second-order valence-corrected chi connectivity index (χ2v) is 8.75. The number of carbonyl (C=O) groups excluding carboxylic acids is 1. The van der Waals surface area contributed by atoms with Crippen LogP contribution in [0.2, 0.25) is 0 Å². The average Bonchev–Trinajstić information content (AvgIpc) is 3.03. The fourth-order valence-corrected chi connectivity index (χ4v) is 4.64. The number of anilines is 1. The Bertz CT molecular complexity index is 1140. The minimum absolute atomic E-state index is 0.0784. The van der Waals surface area contributed by atoms with Gasteiger partial charge in [0, 0.05) is 55.9 Å². The number of amides is 1. The molecule has 5 nitrogen and oxygen atoms in total. The first kappa shape index (κ1) is 22.3. The normalized spacial score (nSPS) is 14.2. The molecule has 4 rings (SSSR count). The van der Waals surface area contributed by atoms with Gasteiger partial charge in [0.05, 0.1) is 11.2 Å². The molecule has 1 amide bonds. The molecule has 2 heterocycles. The Morgan fingerprint density at radius 2 is 1.88 bits per heavy atom. The number of fused-ring (bicyclic) bond motifs is 1.